The molecule has 8 heteroatoms. The Bertz CT molecular complexity index is 935. The second-order valence-corrected chi connectivity index (χ2v) is 9.05. The van der Waals surface area contributed by atoms with E-state index in [1.807, 2.05) is 37.3 Å². The molecule has 4 rings (SSSR count). The van der Waals surface area contributed by atoms with Gasteiger partial charge in [-0.25, -0.2) is 4.90 Å². The number of hydrogen-bond donors (Lipinski definition) is 1. The van der Waals surface area contributed by atoms with E-state index in [1.54, 1.807) is 11.0 Å². The highest BCUT2D eigenvalue weighted by Crippen LogP contribution is 2.32. The van der Waals surface area contributed by atoms with Crippen molar-refractivity contribution in [3.05, 3.63) is 57.8 Å². The third-order valence-corrected chi connectivity index (χ3v) is 6.55. The Morgan fingerprint density at radius 1 is 1.29 bits per heavy atom. The maximum atomic E-state index is 12.8. The number of rotatable bonds is 4. The molecule has 146 valence electrons. The lowest BCUT2D eigenvalue weighted by atomic mass is 10.2. The lowest BCUT2D eigenvalue weighted by molar-refractivity contribution is -0.907. The van der Waals surface area contributed by atoms with Gasteiger partial charge in [0.1, 0.15) is 11.5 Å². The van der Waals surface area contributed by atoms with Crippen molar-refractivity contribution >= 4 is 57.6 Å². The molecule has 0 atom stereocenters. The summed E-state index contributed by atoms with van der Waals surface area (Å²) < 4.78 is 6.17. The van der Waals surface area contributed by atoms with Gasteiger partial charge >= 0.3 is 0 Å². The van der Waals surface area contributed by atoms with Crippen molar-refractivity contribution in [3.8, 4) is 0 Å². The van der Waals surface area contributed by atoms with E-state index in [0.29, 0.717) is 21.7 Å². The van der Waals surface area contributed by atoms with Gasteiger partial charge in [-0.2, -0.15) is 0 Å². The summed E-state index contributed by atoms with van der Waals surface area (Å²) in [5.74, 6) is 1.47. The molecule has 5 nitrogen and oxygen atoms in total. The van der Waals surface area contributed by atoms with Crippen molar-refractivity contribution in [1.82, 2.24) is 4.90 Å². The Balaban J connectivity index is 1.36. The number of furan rings is 1. The minimum Gasteiger partial charge on any atom is -0.462 e. The molecule has 2 saturated heterocycles. The Morgan fingerprint density at radius 3 is 2.75 bits per heavy atom. The van der Waals surface area contributed by atoms with Gasteiger partial charge in [0.05, 0.1) is 31.1 Å². The van der Waals surface area contributed by atoms with Crippen LogP contribution in [0.5, 0.6) is 0 Å². The van der Waals surface area contributed by atoms with Gasteiger partial charge in [-0.1, -0.05) is 41.6 Å². The van der Waals surface area contributed by atoms with E-state index in [2.05, 4.69) is 11.0 Å². The van der Waals surface area contributed by atoms with Crippen LogP contribution in [0.2, 0.25) is 5.02 Å². The van der Waals surface area contributed by atoms with Crippen molar-refractivity contribution in [1.29, 1.82) is 0 Å². The highest BCUT2D eigenvalue weighted by molar-refractivity contribution is 8.26. The molecular weight excluding hydrogens is 414 g/mol. The summed E-state index contributed by atoms with van der Waals surface area (Å²) in [5.41, 5.74) is 1.15. The van der Waals surface area contributed by atoms with E-state index >= 15 is 0 Å². The van der Waals surface area contributed by atoms with Gasteiger partial charge < -0.3 is 14.2 Å². The molecule has 2 aliphatic rings. The third-order valence-electron chi connectivity index (χ3n) is 4.93. The van der Waals surface area contributed by atoms with E-state index in [-0.39, 0.29) is 5.91 Å². The average Bonchev–Trinajstić information content (AvgIpc) is 3.20. The molecule has 2 aliphatic heterocycles. The summed E-state index contributed by atoms with van der Waals surface area (Å²) >= 11 is 12.9. The minimum atomic E-state index is -0.0335. The van der Waals surface area contributed by atoms with Crippen LogP contribution in [0.25, 0.3) is 6.08 Å². The first-order valence-corrected chi connectivity index (χ1v) is 10.8. The summed E-state index contributed by atoms with van der Waals surface area (Å²) in [5, 5.41) is 0.753. The smallest absolute Gasteiger partial charge is 0.270 e. The summed E-state index contributed by atoms with van der Waals surface area (Å²) in [6, 6.07) is 11.7. The maximum absolute atomic E-state index is 12.8. The molecule has 0 spiro atoms. The topological polar surface area (TPSA) is 41.1 Å². The van der Waals surface area contributed by atoms with Crippen molar-refractivity contribution in [3.63, 3.8) is 0 Å². The fraction of sp³-hybridized carbons (Fsp3) is 0.300. The predicted octanol–water partition coefficient (Wildman–Crippen LogP) is 2.81. The van der Waals surface area contributed by atoms with Gasteiger partial charge in [0, 0.05) is 16.8 Å². The molecule has 0 radical (unpaired) electrons. The van der Waals surface area contributed by atoms with Crippen LogP contribution in [0.3, 0.4) is 0 Å². The zero-order valence-electron chi connectivity index (χ0n) is 15.5. The van der Waals surface area contributed by atoms with Gasteiger partial charge in [0.25, 0.3) is 5.91 Å². The van der Waals surface area contributed by atoms with Crippen LogP contribution in [0.4, 0.5) is 5.69 Å². The normalized spacial score (nSPS) is 19.9. The highest BCUT2D eigenvalue weighted by Gasteiger charge is 2.35. The third kappa shape index (κ3) is 4.27. The Hall–Kier alpha value is -1.80. The molecule has 1 aromatic carbocycles. The van der Waals surface area contributed by atoms with Crippen LogP contribution in [0.1, 0.15) is 11.5 Å². The van der Waals surface area contributed by atoms with Gasteiger partial charge in [-0.3, -0.25) is 4.79 Å². The second-order valence-electron chi connectivity index (χ2n) is 6.93. The number of nitrogens with one attached hydrogen (secondary N) is 1. The Kier molecular flexibility index (Phi) is 5.78. The van der Waals surface area contributed by atoms with Gasteiger partial charge in [0.15, 0.2) is 11.0 Å². The summed E-state index contributed by atoms with van der Waals surface area (Å²) in [4.78, 5) is 18.8. The molecule has 2 fully saturated rings. The number of carbonyl (C=O) groups is 1. The van der Waals surface area contributed by atoms with Crippen molar-refractivity contribution in [2.75, 3.05) is 37.7 Å². The lowest BCUT2D eigenvalue weighted by Crippen LogP contribution is -3.16. The quantitative estimate of drug-likeness (QED) is 0.592. The number of quaternary nitrogens is 1. The predicted molar refractivity (Wildman–Crippen MR) is 118 cm³/mol. The van der Waals surface area contributed by atoms with Crippen LogP contribution in [-0.2, 0) is 4.79 Å². The zero-order valence-corrected chi connectivity index (χ0v) is 17.9. The minimum absolute atomic E-state index is 0.0335. The van der Waals surface area contributed by atoms with Crippen LogP contribution in [0.15, 0.2) is 45.7 Å². The first kappa shape index (κ1) is 19.5. The van der Waals surface area contributed by atoms with Crippen molar-refractivity contribution in [2.45, 2.75) is 6.92 Å². The summed E-state index contributed by atoms with van der Waals surface area (Å²) in [6.45, 7) is 6.22. The van der Waals surface area contributed by atoms with E-state index in [4.69, 9.17) is 28.2 Å². The molecule has 2 aromatic rings. The van der Waals surface area contributed by atoms with Crippen LogP contribution < -0.4 is 9.80 Å². The number of benzene rings is 1. The number of halogens is 1. The molecular formula is C20H21ClN3O2S2+. The molecule has 1 aromatic heterocycles. The average molecular weight is 435 g/mol. The molecule has 0 unspecified atom stereocenters. The van der Waals surface area contributed by atoms with Gasteiger partial charge in [0.2, 0.25) is 0 Å². The van der Waals surface area contributed by atoms with E-state index in [9.17, 15) is 4.79 Å². The molecule has 1 N–H and O–H groups in total. The van der Waals surface area contributed by atoms with Crippen LogP contribution in [0, 0.1) is 6.92 Å². The molecule has 0 saturated carbocycles. The number of amides is 1. The Morgan fingerprint density at radius 2 is 2.07 bits per heavy atom. The number of thiocarbonyl (C=S) groups is 1. The number of aryl methyl sites for hydroxylation is 1. The summed E-state index contributed by atoms with van der Waals surface area (Å²) in [7, 11) is 0. The number of thioether (sulfide) groups is 1. The van der Waals surface area contributed by atoms with E-state index in [0.717, 1.165) is 42.6 Å². The molecule has 0 aliphatic carbocycles. The zero-order chi connectivity index (χ0) is 19.7. The monoisotopic (exact) mass is 434 g/mol. The molecule has 28 heavy (non-hydrogen) atoms. The second kappa shape index (κ2) is 8.29. The van der Waals surface area contributed by atoms with Gasteiger partial charge in [-0.05, 0) is 37.3 Å². The highest BCUT2D eigenvalue weighted by atomic mass is 35.5. The number of piperazine rings is 1. The maximum Gasteiger partial charge on any atom is 0.270 e. The molecule has 0 bridgehead atoms. The fourth-order valence-electron chi connectivity index (χ4n) is 3.43. The molecule has 1 amide bonds. The van der Waals surface area contributed by atoms with Gasteiger partial charge in [-0.15, -0.1) is 0 Å². The first-order valence-electron chi connectivity index (χ1n) is 9.15. The fourth-order valence-corrected chi connectivity index (χ4v) is 4.85. The van der Waals surface area contributed by atoms with E-state index in [1.165, 1.54) is 16.7 Å². The van der Waals surface area contributed by atoms with Crippen molar-refractivity contribution in [2.24, 2.45) is 0 Å². The number of nitrogens with zero attached hydrogens (tertiary/aromatic N) is 2. The molecule has 3 heterocycles. The summed E-state index contributed by atoms with van der Waals surface area (Å²) in [6.07, 6.45) is 1.78. The lowest BCUT2D eigenvalue weighted by Gasteiger charge is -2.35. The largest absolute Gasteiger partial charge is 0.462 e. The number of anilines is 1. The first-order chi connectivity index (χ1) is 13.5. The number of carbonyl (C=O) groups excluding carboxylic acids is 1. The van der Waals surface area contributed by atoms with Crippen LogP contribution in [-0.4, -0.2) is 48.0 Å². The van der Waals surface area contributed by atoms with E-state index < -0.39 is 0 Å². The van der Waals surface area contributed by atoms with Crippen LogP contribution >= 0.6 is 35.6 Å². The number of hydrogen-bond acceptors (Lipinski definition) is 5. The Labute approximate surface area is 178 Å². The van der Waals surface area contributed by atoms with Crippen molar-refractivity contribution < 1.29 is 14.1 Å². The standard InChI is InChI=1S/C20H20ClN3O2S2/c1-14-5-6-17(26-14)12-18-19(25)24(20(27)28-18)13-22-7-9-23(10-8-22)16-4-2-3-15(21)11-16/h2-6,11-12H,7-10,13H2,1H3/p+1/b18-12-. The SMILES string of the molecule is Cc1ccc(/C=C2\SC(=S)N(C[NH+]3CCN(c4cccc(Cl)c4)CC3)C2=O)o1.